The van der Waals surface area contributed by atoms with Crippen molar-refractivity contribution < 1.29 is 19.4 Å². The zero-order valence-electron chi connectivity index (χ0n) is 13.4. The maximum Gasteiger partial charge on any atom is 0.322 e. The number of carbonyl (C=O) groups excluding carboxylic acids is 1. The van der Waals surface area contributed by atoms with Crippen LogP contribution in [0.15, 0.2) is 0 Å². The van der Waals surface area contributed by atoms with Crippen LogP contribution in [0, 0.1) is 5.92 Å². The topological polar surface area (TPSA) is 78.9 Å². The predicted molar refractivity (Wildman–Crippen MR) is 82.6 cm³/mol. The number of hydrogen-bond acceptors (Lipinski definition) is 4. The van der Waals surface area contributed by atoms with Crippen LogP contribution in [0.4, 0.5) is 0 Å². The lowest BCUT2D eigenvalue weighted by molar-refractivity contribution is -0.138. The molecule has 1 aliphatic heterocycles. The molecule has 22 heavy (non-hydrogen) atoms. The molecule has 0 spiro atoms. The van der Waals surface area contributed by atoms with E-state index >= 15 is 0 Å². The second-order valence-corrected chi connectivity index (χ2v) is 6.65. The Hall–Kier alpha value is -1.14. The highest BCUT2D eigenvalue weighted by Gasteiger charge is 2.28. The molecule has 1 heterocycles. The molecule has 0 aromatic carbocycles. The van der Waals surface area contributed by atoms with Crippen LogP contribution in [0.3, 0.4) is 0 Å². The monoisotopic (exact) mass is 312 g/mol. The van der Waals surface area contributed by atoms with E-state index in [1.165, 1.54) is 12.8 Å². The van der Waals surface area contributed by atoms with Crippen molar-refractivity contribution in [1.82, 2.24) is 10.2 Å². The molecule has 0 aromatic rings. The standard InChI is InChI=1S/C16H28N2O4/c1-12-4-6-13(7-5-12)18(10-14-3-2-8-22-14)11-15(19)17-9-16(20)21/h12-14H,2-11H2,1H3,(H,17,19)(H,20,21). The highest BCUT2D eigenvalue weighted by molar-refractivity contribution is 5.82. The van der Waals surface area contributed by atoms with Gasteiger partial charge in [-0.2, -0.15) is 0 Å². The Morgan fingerprint density at radius 2 is 1.95 bits per heavy atom. The van der Waals surface area contributed by atoms with Gasteiger partial charge in [0.1, 0.15) is 6.54 Å². The molecule has 1 saturated carbocycles. The molecule has 1 saturated heterocycles. The maximum atomic E-state index is 12.0. The first-order chi connectivity index (χ1) is 10.5. The van der Waals surface area contributed by atoms with Crippen molar-refractivity contribution in [3.8, 4) is 0 Å². The van der Waals surface area contributed by atoms with Crippen LogP contribution in [0.5, 0.6) is 0 Å². The van der Waals surface area contributed by atoms with Gasteiger partial charge < -0.3 is 15.2 Å². The van der Waals surface area contributed by atoms with Gasteiger partial charge >= 0.3 is 5.97 Å². The summed E-state index contributed by atoms with van der Waals surface area (Å²) in [6, 6.07) is 0.413. The maximum absolute atomic E-state index is 12.0. The molecule has 6 heteroatoms. The molecule has 6 nitrogen and oxygen atoms in total. The molecule has 2 aliphatic rings. The molecular formula is C16H28N2O4. The van der Waals surface area contributed by atoms with Gasteiger partial charge in [0.15, 0.2) is 0 Å². The Kier molecular flexibility index (Phi) is 6.64. The number of hydrogen-bond donors (Lipinski definition) is 2. The third-order valence-corrected chi connectivity index (χ3v) is 4.75. The molecule has 2 fully saturated rings. The number of carboxylic acids is 1. The lowest BCUT2D eigenvalue weighted by Gasteiger charge is -2.36. The summed E-state index contributed by atoms with van der Waals surface area (Å²) in [5, 5.41) is 11.1. The van der Waals surface area contributed by atoms with Gasteiger partial charge in [0.25, 0.3) is 0 Å². The molecule has 1 amide bonds. The van der Waals surface area contributed by atoms with Crippen molar-refractivity contribution in [2.45, 2.75) is 57.6 Å². The lowest BCUT2D eigenvalue weighted by atomic mass is 9.86. The number of nitrogens with zero attached hydrogens (tertiary/aromatic N) is 1. The fraction of sp³-hybridized carbons (Fsp3) is 0.875. The second-order valence-electron chi connectivity index (χ2n) is 6.65. The summed E-state index contributed by atoms with van der Waals surface area (Å²) >= 11 is 0. The molecule has 1 aliphatic carbocycles. The average molecular weight is 312 g/mol. The number of nitrogens with one attached hydrogen (secondary N) is 1. The van der Waals surface area contributed by atoms with Gasteiger partial charge in [-0.25, -0.2) is 0 Å². The van der Waals surface area contributed by atoms with E-state index in [1.54, 1.807) is 0 Å². The lowest BCUT2D eigenvalue weighted by Crippen LogP contribution is -2.47. The fourth-order valence-electron chi connectivity index (χ4n) is 3.41. The number of amides is 1. The van der Waals surface area contributed by atoms with Crippen LogP contribution in [0.1, 0.15) is 45.4 Å². The molecular weight excluding hydrogens is 284 g/mol. The number of carboxylic acid groups (broad SMARTS) is 1. The van der Waals surface area contributed by atoms with E-state index in [9.17, 15) is 9.59 Å². The third-order valence-electron chi connectivity index (χ3n) is 4.75. The molecule has 2 rings (SSSR count). The van der Waals surface area contributed by atoms with E-state index in [-0.39, 0.29) is 25.1 Å². The Labute approximate surface area is 132 Å². The van der Waals surface area contributed by atoms with E-state index in [0.29, 0.717) is 6.04 Å². The van der Waals surface area contributed by atoms with Crippen LogP contribution in [-0.4, -0.2) is 60.3 Å². The SMILES string of the molecule is CC1CCC(N(CC(=O)NCC(=O)O)CC2CCCO2)CC1. The zero-order chi connectivity index (χ0) is 15.9. The number of ether oxygens (including phenoxy) is 1. The average Bonchev–Trinajstić information content (AvgIpc) is 2.98. The summed E-state index contributed by atoms with van der Waals surface area (Å²) < 4.78 is 5.71. The highest BCUT2D eigenvalue weighted by Crippen LogP contribution is 2.28. The summed E-state index contributed by atoms with van der Waals surface area (Å²) in [6.07, 6.45) is 6.97. The van der Waals surface area contributed by atoms with E-state index in [2.05, 4.69) is 17.1 Å². The minimum absolute atomic E-state index is 0.209. The van der Waals surface area contributed by atoms with Crippen molar-refractivity contribution in [2.75, 3.05) is 26.2 Å². The quantitative estimate of drug-likeness (QED) is 0.739. The van der Waals surface area contributed by atoms with Gasteiger partial charge in [-0.15, -0.1) is 0 Å². The van der Waals surface area contributed by atoms with Crippen LogP contribution in [-0.2, 0) is 14.3 Å². The molecule has 126 valence electrons. The molecule has 2 N–H and O–H groups in total. The van der Waals surface area contributed by atoms with Crippen molar-refractivity contribution >= 4 is 11.9 Å². The van der Waals surface area contributed by atoms with Gasteiger partial charge in [-0.05, 0) is 44.4 Å². The van der Waals surface area contributed by atoms with Crippen LogP contribution >= 0.6 is 0 Å². The third kappa shape index (κ3) is 5.57. The normalized spacial score (nSPS) is 28.7. The summed E-state index contributed by atoms with van der Waals surface area (Å²) in [7, 11) is 0. The fourth-order valence-corrected chi connectivity index (χ4v) is 3.41. The molecule has 1 atom stereocenters. The highest BCUT2D eigenvalue weighted by atomic mass is 16.5. The van der Waals surface area contributed by atoms with E-state index in [4.69, 9.17) is 9.84 Å². The van der Waals surface area contributed by atoms with E-state index in [1.807, 2.05) is 0 Å². The Morgan fingerprint density at radius 3 is 2.55 bits per heavy atom. The first-order valence-corrected chi connectivity index (χ1v) is 8.38. The summed E-state index contributed by atoms with van der Waals surface area (Å²) in [6.45, 7) is 3.83. The molecule has 0 aromatic heterocycles. The smallest absolute Gasteiger partial charge is 0.322 e. The minimum atomic E-state index is -1.01. The second kappa shape index (κ2) is 8.48. The van der Waals surface area contributed by atoms with Crippen LogP contribution in [0.25, 0.3) is 0 Å². The van der Waals surface area contributed by atoms with Crippen LogP contribution in [0.2, 0.25) is 0 Å². The summed E-state index contributed by atoms with van der Waals surface area (Å²) in [5.74, 6) is -0.453. The van der Waals surface area contributed by atoms with E-state index < -0.39 is 5.97 Å². The molecule has 1 unspecified atom stereocenters. The first kappa shape index (κ1) is 17.2. The van der Waals surface area contributed by atoms with Crippen molar-refractivity contribution in [2.24, 2.45) is 5.92 Å². The number of aliphatic carboxylic acids is 1. The molecule has 0 bridgehead atoms. The Bertz CT molecular complexity index is 374. The van der Waals surface area contributed by atoms with Crippen LogP contribution < -0.4 is 5.32 Å². The zero-order valence-corrected chi connectivity index (χ0v) is 13.4. The minimum Gasteiger partial charge on any atom is -0.480 e. The van der Waals surface area contributed by atoms with Crippen molar-refractivity contribution in [3.05, 3.63) is 0 Å². The van der Waals surface area contributed by atoms with Gasteiger partial charge in [0, 0.05) is 19.2 Å². The van der Waals surface area contributed by atoms with Gasteiger partial charge in [0.2, 0.25) is 5.91 Å². The Morgan fingerprint density at radius 1 is 1.23 bits per heavy atom. The largest absolute Gasteiger partial charge is 0.480 e. The van der Waals surface area contributed by atoms with Crippen molar-refractivity contribution in [1.29, 1.82) is 0 Å². The van der Waals surface area contributed by atoms with Gasteiger partial charge in [0.05, 0.1) is 12.6 Å². The number of carbonyl (C=O) groups is 2. The predicted octanol–water partition coefficient (Wildman–Crippen LogP) is 1.25. The van der Waals surface area contributed by atoms with Crippen molar-refractivity contribution in [3.63, 3.8) is 0 Å². The van der Waals surface area contributed by atoms with Gasteiger partial charge in [-0.1, -0.05) is 6.92 Å². The summed E-state index contributed by atoms with van der Waals surface area (Å²) in [5.41, 5.74) is 0. The number of rotatable bonds is 7. The van der Waals surface area contributed by atoms with Gasteiger partial charge in [-0.3, -0.25) is 14.5 Å². The van der Waals surface area contributed by atoms with E-state index in [0.717, 1.165) is 44.8 Å². The first-order valence-electron chi connectivity index (χ1n) is 8.38. The summed E-state index contributed by atoms with van der Waals surface area (Å²) in [4.78, 5) is 24.7. The molecule has 0 radical (unpaired) electrons. The Balaban J connectivity index is 1.88.